The molecule has 0 fully saturated rings. The third-order valence-corrected chi connectivity index (χ3v) is 8.85. The third-order valence-electron chi connectivity index (χ3n) is 6.93. The van der Waals surface area contributed by atoms with Crippen molar-refractivity contribution >= 4 is 50.0 Å². The highest BCUT2D eigenvalue weighted by Gasteiger charge is 2.48. The van der Waals surface area contributed by atoms with Crippen LogP contribution in [0.3, 0.4) is 0 Å². The molecule has 0 radical (unpaired) electrons. The number of benzene rings is 1. The first kappa shape index (κ1) is 26.7. The fourth-order valence-corrected chi connectivity index (χ4v) is 7.01. The van der Waals surface area contributed by atoms with E-state index in [1.165, 1.54) is 11.3 Å². The van der Waals surface area contributed by atoms with E-state index >= 15 is 0 Å². The molecule has 202 valence electrons. The van der Waals surface area contributed by atoms with E-state index in [9.17, 15) is 22.8 Å². The van der Waals surface area contributed by atoms with Gasteiger partial charge in [-0.3, -0.25) is 4.79 Å². The molecule has 2 aliphatic rings. The Morgan fingerprint density at radius 2 is 2.03 bits per heavy atom. The Morgan fingerprint density at radius 1 is 1.29 bits per heavy atom. The van der Waals surface area contributed by atoms with Crippen molar-refractivity contribution in [2.24, 2.45) is 5.92 Å². The Kier molecular flexibility index (Phi) is 7.29. The predicted octanol–water partition coefficient (Wildman–Crippen LogP) is 6.92. The minimum atomic E-state index is -4.58. The average Bonchev–Trinajstić information content (AvgIpc) is 3.40. The number of hydrogen-bond donors (Lipinski definition) is 2. The van der Waals surface area contributed by atoms with Crippen LogP contribution in [0, 0.1) is 5.92 Å². The SMILES string of the molecule is CCOC(=O)c1c(NC(=O)c2nn3c(c2Br)N[C@H](c2ccccc2)C[C@H]3C(F)(F)F)sc2c1CC[C@H](C)C2. The molecular formula is C26H26BrF3N4O3S. The summed E-state index contributed by atoms with van der Waals surface area (Å²) >= 11 is 4.63. The number of ether oxygens (including phenoxy) is 1. The second kappa shape index (κ2) is 10.4. The number of alkyl halides is 3. The first-order valence-electron chi connectivity index (χ1n) is 12.4. The smallest absolute Gasteiger partial charge is 0.410 e. The summed E-state index contributed by atoms with van der Waals surface area (Å²) in [7, 11) is 0. The molecule has 2 aromatic heterocycles. The molecule has 0 saturated carbocycles. The summed E-state index contributed by atoms with van der Waals surface area (Å²) in [6.45, 7) is 4.01. The van der Waals surface area contributed by atoms with Crippen LogP contribution >= 0.6 is 27.3 Å². The lowest BCUT2D eigenvalue weighted by Crippen LogP contribution is -2.35. The summed E-state index contributed by atoms with van der Waals surface area (Å²) in [4.78, 5) is 27.2. The molecule has 3 aromatic rings. The van der Waals surface area contributed by atoms with Crippen LogP contribution in [0.25, 0.3) is 0 Å². The fraction of sp³-hybridized carbons (Fsp3) is 0.423. The number of rotatable bonds is 5. The average molecular weight is 611 g/mol. The number of nitrogens with zero attached hydrogens (tertiary/aromatic N) is 2. The lowest BCUT2D eigenvalue weighted by molar-refractivity contribution is -0.173. The molecule has 2 N–H and O–H groups in total. The quantitative estimate of drug-likeness (QED) is 0.306. The molecule has 1 amide bonds. The number of halogens is 4. The van der Waals surface area contributed by atoms with Crippen molar-refractivity contribution in [1.29, 1.82) is 0 Å². The molecule has 1 aliphatic heterocycles. The van der Waals surface area contributed by atoms with Gasteiger partial charge in [0.2, 0.25) is 0 Å². The van der Waals surface area contributed by atoms with Crippen LogP contribution in [0.5, 0.6) is 0 Å². The van der Waals surface area contributed by atoms with Gasteiger partial charge in [-0.15, -0.1) is 11.3 Å². The summed E-state index contributed by atoms with van der Waals surface area (Å²) in [5, 5.41) is 10.3. The van der Waals surface area contributed by atoms with E-state index in [0.29, 0.717) is 28.5 Å². The molecule has 0 bridgehead atoms. The van der Waals surface area contributed by atoms with Crippen LogP contribution in [0.2, 0.25) is 0 Å². The number of aromatic nitrogens is 2. The Hall–Kier alpha value is -2.86. The van der Waals surface area contributed by atoms with Gasteiger partial charge in [-0.1, -0.05) is 37.3 Å². The van der Waals surface area contributed by atoms with Crippen LogP contribution in [0.1, 0.15) is 75.6 Å². The highest BCUT2D eigenvalue weighted by atomic mass is 79.9. The first-order valence-corrected chi connectivity index (χ1v) is 14.0. The van der Waals surface area contributed by atoms with Crippen molar-refractivity contribution in [3.05, 3.63) is 62.1 Å². The molecule has 12 heteroatoms. The molecule has 38 heavy (non-hydrogen) atoms. The molecule has 0 saturated heterocycles. The highest BCUT2D eigenvalue weighted by molar-refractivity contribution is 9.10. The lowest BCUT2D eigenvalue weighted by atomic mass is 9.88. The van der Waals surface area contributed by atoms with Gasteiger partial charge in [0.05, 0.1) is 22.7 Å². The zero-order valence-electron chi connectivity index (χ0n) is 20.7. The van der Waals surface area contributed by atoms with Gasteiger partial charge < -0.3 is 15.4 Å². The molecule has 0 spiro atoms. The molecular weight excluding hydrogens is 585 g/mol. The number of nitrogens with one attached hydrogen (secondary N) is 2. The molecule has 0 unspecified atom stereocenters. The minimum Gasteiger partial charge on any atom is -0.462 e. The molecule has 7 nitrogen and oxygen atoms in total. The Balaban J connectivity index is 1.50. The summed E-state index contributed by atoms with van der Waals surface area (Å²) in [5.41, 5.74) is 1.69. The molecule has 3 heterocycles. The molecule has 1 aliphatic carbocycles. The fourth-order valence-electron chi connectivity index (χ4n) is 5.06. The number of anilines is 2. The molecule has 3 atom stereocenters. The number of carbonyl (C=O) groups is 2. The van der Waals surface area contributed by atoms with Gasteiger partial charge in [0.15, 0.2) is 11.7 Å². The Labute approximate surface area is 229 Å². The van der Waals surface area contributed by atoms with Crippen LogP contribution in [0.15, 0.2) is 34.8 Å². The summed E-state index contributed by atoms with van der Waals surface area (Å²) in [6, 6.07) is 6.30. The van der Waals surface area contributed by atoms with Crippen molar-refractivity contribution in [3.63, 3.8) is 0 Å². The zero-order chi connectivity index (χ0) is 27.2. The number of carbonyl (C=O) groups excluding carboxylic acids is 2. The van der Waals surface area contributed by atoms with E-state index in [-0.39, 0.29) is 29.0 Å². The number of hydrogen-bond acceptors (Lipinski definition) is 6. The van der Waals surface area contributed by atoms with Crippen LogP contribution in [-0.2, 0) is 17.6 Å². The van der Waals surface area contributed by atoms with Gasteiger partial charge in [-0.2, -0.15) is 18.3 Å². The standard InChI is InChI=1S/C26H26BrF3N4O3S/c1-3-37-25(36)19-15-10-9-13(2)11-17(15)38-24(19)32-23(35)21-20(27)22-31-16(14-7-5-4-6-8-14)12-18(26(28,29)30)34(22)33-21/h4-8,13,16,18,31H,3,9-12H2,1-2H3,(H,32,35)/t13-,16-,18-/m0/s1. The largest absolute Gasteiger partial charge is 0.462 e. The van der Waals surface area contributed by atoms with E-state index < -0.39 is 30.1 Å². The lowest BCUT2D eigenvalue weighted by Gasteiger charge is -2.33. The summed E-state index contributed by atoms with van der Waals surface area (Å²) in [5.74, 6) is -0.725. The van der Waals surface area contributed by atoms with Crippen molar-refractivity contribution < 1.29 is 27.5 Å². The maximum absolute atomic E-state index is 14.1. The maximum atomic E-state index is 14.1. The van der Waals surface area contributed by atoms with Crippen molar-refractivity contribution in [1.82, 2.24) is 9.78 Å². The van der Waals surface area contributed by atoms with Gasteiger partial charge in [-0.05, 0) is 59.2 Å². The van der Waals surface area contributed by atoms with Gasteiger partial charge in [-0.25, -0.2) is 9.48 Å². The van der Waals surface area contributed by atoms with Crippen LogP contribution in [-0.4, -0.2) is 34.4 Å². The van der Waals surface area contributed by atoms with Crippen LogP contribution in [0.4, 0.5) is 24.0 Å². The first-order chi connectivity index (χ1) is 18.1. The van der Waals surface area contributed by atoms with Gasteiger partial charge >= 0.3 is 12.1 Å². The van der Waals surface area contributed by atoms with Gasteiger partial charge in [0.25, 0.3) is 5.91 Å². The van der Waals surface area contributed by atoms with E-state index in [1.54, 1.807) is 37.3 Å². The number of fused-ring (bicyclic) bond motifs is 2. The highest BCUT2D eigenvalue weighted by Crippen LogP contribution is 2.47. The van der Waals surface area contributed by atoms with Crippen molar-refractivity contribution in [2.75, 3.05) is 17.2 Å². The van der Waals surface area contributed by atoms with E-state index in [4.69, 9.17) is 4.74 Å². The number of amides is 1. The number of esters is 1. The van der Waals surface area contributed by atoms with E-state index in [0.717, 1.165) is 28.0 Å². The van der Waals surface area contributed by atoms with Crippen molar-refractivity contribution in [3.8, 4) is 0 Å². The monoisotopic (exact) mass is 610 g/mol. The van der Waals surface area contributed by atoms with E-state index in [2.05, 4.69) is 38.6 Å². The minimum absolute atomic E-state index is 0.0718. The topological polar surface area (TPSA) is 85.2 Å². The van der Waals surface area contributed by atoms with Gasteiger partial charge in [0.1, 0.15) is 10.8 Å². The van der Waals surface area contributed by atoms with Gasteiger partial charge in [0, 0.05) is 11.3 Å². The summed E-state index contributed by atoms with van der Waals surface area (Å²) < 4.78 is 48.6. The Morgan fingerprint density at radius 3 is 2.71 bits per heavy atom. The zero-order valence-corrected chi connectivity index (χ0v) is 23.1. The second-order valence-corrected chi connectivity index (χ2v) is 11.5. The predicted molar refractivity (Wildman–Crippen MR) is 142 cm³/mol. The molecule has 1 aromatic carbocycles. The third kappa shape index (κ3) is 4.95. The second-order valence-electron chi connectivity index (χ2n) is 9.59. The normalized spacial score (nSPS) is 20.7. The Bertz CT molecular complexity index is 1370. The maximum Gasteiger partial charge on any atom is 0.410 e. The van der Waals surface area contributed by atoms with E-state index in [1.807, 2.05) is 0 Å². The number of thiophene rings is 1. The molecule has 5 rings (SSSR count). The van der Waals surface area contributed by atoms with Crippen molar-refractivity contribution in [2.45, 2.75) is 57.8 Å². The van der Waals surface area contributed by atoms with Crippen LogP contribution < -0.4 is 10.6 Å². The summed E-state index contributed by atoms with van der Waals surface area (Å²) in [6.07, 6.45) is -2.47.